The zero-order chi connectivity index (χ0) is 11.1. The Labute approximate surface area is 90.0 Å². The smallest absolute Gasteiger partial charge is 0.198 e. The van der Waals surface area contributed by atoms with Gasteiger partial charge in [-0.25, -0.2) is 4.98 Å². The van der Waals surface area contributed by atoms with Gasteiger partial charge in [0.1, 0.15) is 5.35 Å². The summed E-state index contributed by atoms with van der Waals surface area (Å²) in [6, 6.07) is 0. The molecule has 0 aromatic carbocycles. The molecule has 0 amide bonds. The molecule has 0 saturated carbocycles. The fraction of sp³-hybridized carbons (Fsp3) is 0.462. The van der Waals surface area contributed by atoms with Gasteiger partial charge >= 0.3 is 0 Å². The summed E-state index contributed by atoms with van der Waals surface area (Å²) < 4.78 is 5.69. The molecule has 15 heavy (non-hydrogen) atoms. The predicted octanol–water partition coefficient (Wildman–Crippen LogP) is 1.96. The van der Waals surface area contributed by atoms with Crippen LogP contribution in [0.15, 0.2) is 16.6 Å². The molecular weight excluding hydrogens is 186 g/mol. The van der Waals surface area contributed by atoms with E-state index in [1.54, 1.807) is 0 Å². The topological polar surface area (TPSA) is 26.0 Å². The lowest BCUT2D eigenvalue weighted by molar-refractivity contribution is 0.448. The van der Waals surface area contributed by atoms with Crippen molar-refractivity contribution in [2.24, 2.45) is 5.41 Å². The van der Waals surface area contributed by atoms with Crippen LogP contribution in [0.2, 0.25) is 0 Å². The van der Waals surface area contributed by atoms with E-state index in [1.807, 2.05) is 12.2 Å². The van der Waals surface area contributed by atoms with E-state index in [-0.39, 0.29) is 5.41 Å². The van der Waals surface area contributed by atoms with E-state index in [2.05, 4.69) is 44.8 Å². The van der Waals surface area contributed by atoms with Gasteiger partial charge in [-0.1, -0.05) is 39.8 Å². The maximum Gasteiger partial charge on any atom is 0.198 e. The molecule has 2 heteroatoms. The van der Waals surface area contributed by atoms with Crippen LogP contribution in [0.25, 0.3) is 12.2 Å². The first-order chi connectivity index (χ1) is 6.98. The van der Waals surface area contributed by atoms with Crippen molar-refractivity contribution in [1.29, 1.82) is 0 Å². The lowest BCUT2D eigenvalue weighted by Gasteiger charge is -2.11. The summed E-state index contributed by atoms with van der Waals surface area (Å²) in [7, 11) is 0. The summed E-state index contributed by atoms with van der Waals surface area (Å²) in [5.74, 6) is 1.16. The van der Waals surface area contributed by atoms with Crippen molar-refractivity contribution in [3.8, 4) is 0 Å². The summed E-state index contributed by atoms with van der Waals surface area (Å²) in [6.07, 6.45) is 8.33. The van der Waals surface area contributed by atoms with Crippen molar-refractivity contribution >= 4 is 12.2 Å². The summed E-state index contributed by atoms with van der Waals surface area (Å²) >= 11 is 0. The van der Waals surface area contributed by atoms with Gasteiger partial charge in [-0.05, 0) is 12.2 Å². The monoisotopic (exact) mass is 203 g/mol. The summed E-state index contributed by atoms with van der Waals surface area (Å²) in [5.41, 5.74) is 0.924. The summed E-state index contributed by atoms with van der Waals surface area (Å²) in [6.45, 7) is 8.50. The highest BCUT2D eigenvalue weighted by Gasteiger charge is 2.14. The van der Waals surface area contributed by atoms with Gasteiger partial charge in [-0.3, -0.25) is 0 Å². The van der Waals surface area contributed by atoms with Crippen molar-refractivity contribution in [2.75, 3.05) is 0 Å². The molecule has 0 bridgehead atoms. The van der Waals surface area contributed by atoms with Gasteiger partial charge in [0.2, 0.25) is 0 Å². The molecule has 0 spiro atoms. The van der Waals surface area contributed by atoms with E-state index in [0.29, 0.717) is 5.92 Å². The highest BCUT2D eigenvalue weighted by molar-refractivity contribution is 5.44. The van der Waals surface area contributed by atoms with Crippen LogP contribution in [-0.4, -0.2) is 4.98 Å². The van der Waals surface area contributed by atoms with Crippen LogP contribution in [0.4, 0.5) is 0 Å². The molecule has 2 rings (SSSR count). The van der Waals surface area contributed by atoms with E-state index in [1.165, 1.54) is 0 Å². The minimum atomic E-state index is 0.0485. The molecule has 0 aliphatic heterocycles. The van der Waals surface area contributed by atoms with Gasteiger partial charge in [0.15, 0.2) is 11.3 Å². The van der Waals surface area contributed by atoms with E-state index in [4.69, 9.17) is 4.42 Å². The number of allylic oxidation sites excluding steroid dienone is 2. The van der Waals surface area contributed by atoms with Crippen LogP contribution >= 0.6 is 0 Å². The van der Waals surface area contributed by atoms with Crippen molar-refractivity contribution in [3.05, 3.63) is 28.8 Å². The van der Waals surface area contributed by atoms with E-state index < -0.39 is 0 Å². The maximum atomic E-state index is 5.69. The second-order valence-corrected chi connectivity index (χ2v) is 4.95. The number of fused-ring (bicyclic) bond motifs is 1. The first-order valence-corrected chi connectivity index (χ1v) is 5.37. The van der Waals surface area contributed by atoms with E-state index in [0.717, 1.165) is 16.7 Å². The van der Waals surface area contributed by atoms with Crippen LogP contribution in [0.1, 0.15) is 39.5 Å². The molecule has 0 N–H and O–H groups in total. The first-order valence-electron chi connectivity index (χ1n) is 5.37. The molecule has 0 radical (unpaired) electrons. The maximum absolute atomic E-state index is 5.69. The third-order valence-corrected chi connectivity index (χ3v) is 2.47. The van der Waals surface area contributed by atoms with Crippen molar-refractivity contribution in [3.63, 3.8) is 0 Å². The number of hydrogen-bond donors (Lipinski definition) is 0. The fourth-order valence-corrected chi connectivity index (χ4v) is 1.62. The Morgan fingerprint density at radius 3 is 2.73 bits per heavy atom. The minimum Gasteiger partial charge on any atom is -0.440 e. The highest BCUT2D eigenvalue weighted by Crippen LogP contribution is 2.19. The third kappa shape index (κ3) is 2.04. The van der Waals surface area contributed by atoms with Crippen LogP contribution in [0.5, 0.6) is 0 Å². The number of oxazole rings is 1. The summed E-state index contributed by atoms with van der Waals surface area (Å²) in [5, 5.41) is 0.966. The normalized spacial score (nSPS) is 17.9. The molecule has 1 aliphatic rings. The third-order valence-electron chi connectivity index (χ3n) is 2.47. The minimum absolute atomic E-state index is 0.0485. The SMILES string of the molecule is CC(C)c1nc2c(o1)=CC=CC(C)(C)C=2. The Bertz CT molecular complexity index is 503. The molecule has 0 unspecified atom stereocenters. The Kier molecular flexibility index (Phi) is 2.29. The first kappa shape index (κ1) is 10.2. The molecule has 80 valence electrons. The van der Waals surface area contributed by atoms with Crippen LogP contribution in [-0.2, 0) is 0 Å². The largest absolute Gasteiger partial charge is 0.440 e. The zero-order valence-corrected chi connectivity index (χ0v) is 9.74. The van der Waals surface area contributed by atoms with Gasteiger partial charge in [0.05, 0.1) is 0 Å². The molecular formula is C13H17NO. The van der Waals surface area contributed by atoms with Crippen LogP contribution in [0.3, 0.4) is 0 Å². The molecule has 0 saturated heterocycles. The lowest BCUT2D eigenvalue weighted by atomic mass is 9.93. The molecule has 0 atom stereocenters. The zero-order valence-electron chi connectivity index (χ0n) is 9.74. The van der Waals surface area contributed by atoms with E-state index >= 15 is 0 Å². The Morgan fingerprint density at radius 1 is 1.33 bits per heavy atom. The predicted molar refractivity (Wildman–Crippen MR) is 61.7 cm³/mol. The molecule has 2 nitrogen and oxygen atoms in total. The van der Waals surface area contributed by atoms with Crippen LogP contribution < -0.4 is 10.8 Å². The van der Waals surface area contributed by atoms with Gasteiger partial charge in [0, 0.05) is 11.3 Å². The lowest BCUT2D eigenvalue weighted by Crippen LogP contribution is -2.23. The average molecular weight is 203 g/mol. The van der Waals surface area contributed by atoms with Gasteiger partial charge in [-0.15, -0.1) is 0 Å². The second kappa shape index (κ2) is 3.37. The molecule has 1 aromatic rings. The number of rotatable bonds is 1. The van der Waals surface area contributed by atoms with Crippen molar-refractivity contribution in [2.45, 2.75) is 33.6 Å². The van der Waals surface area contributed by atoms with Gasteiger partial charge < -0.3 is 4.42 Å². The van der Waals surface area contributed by atoms with E-state index in [9.17, 15) is 0 Å². The molecule has 1 aliphatic carbocycles. The fourth-order valence-electron chi connectivity index (χ4n) is 1.62. The van der Waals surface area contributed by atoms with Crippen LogP contribution in [0, 0.1) is 5.41 Å². The van der Waals surface area contributed by atoms with Gasteiger partial charge in [0.25, 0.3) is 0 Å². The Balaban J connectivity index is 2.65. The number of hydrogen-bond acceptors (Lipinski definition) is 2. The average Bonchev–Trinajstić information content (AvgIpc) is 2.42. The molecule has 1 aromatic heterocycles. The number of aromatic nitrogens is 1. The highest BCUT2D eigenvalue weighted by atomic mass is 16.3. The van der Waals surface area contributed by atoms with Crippen molar-refractivity contribution in [1.82, 2.24) is 4.98 Å². The van der Waals surface area contributed by atoms with Gasteiger partial charge in [-0.2, -0.15) is 0 Å². The number of nitrogens with zero attached hydrogens (tertiary/aromatic N) is 1. The molecule has 0 fully saturated rings. The molecule has 1 heterocycles. The standard InChI is InChI=1S/C13H17NO/c1-9(2)12-14-10-8-13(3,4)7-5-6-11(10)15-12/h5-9H,1-4H3. The quantitative estimate of drug-likeness (QED) is 0.697. The van der Waals surface area contributed by atoms with Crippen molar-refractivity contribution < 1.29 is 4.42 Å². The second-order valence-electron chi connectivity index (χ2n) is 4.95. The summed E-state index contributed by atoms with van der Waals surface area (Å²) in [4.78, 5) is 4.51. The Hall–Kier alpha value is -1.31. The Morgan fingerprint density at radius 2 is 2.07 bits per heavy atom.